The summed E-state index contributed by atoms with van der Waals surface area (Å²) >= 11 is 0. The molecule has 0 radical (unpaired) electrons. The van der Waals surface area contributed by atoms with E-state index in [2.05, 4.69) is 32.1 Å². The minimum atomic E-state index is -1.32. The lowest BCUT2D eigenvalue weighted by atomic mass is 9.65. The highest BCUT2D eigenvalue weighted by atomic mass is 16.5. The van der Waals surface area contributed by atoms with Crippen molar-refractivity contribution in [2.45, 2.75) is 91.5 Å². The summed E-state index contributed by atoms with van der Waals surface area (Å²) in [5, 5.41) is 30.8. The van der Waals surface area contributed by atoms with Gasteiger partial charge in [-0.2, -0.15) is 0 Å². The van der Waals surface area contributed by atoms with E-state index in [1.807, 2.05) is 20.8 Å². The first kappa shape index (κ1) is 28.3. The molecule has 0 aliphatic heterocycles. The lowest BCUT2D eigenvalue weighted by molar-refractivity contribution is -0.307. The Balaban J connectivity index is 0.00000512. The second kappa shape index (κ2) is 12.0. The molecule has 2 aliphatic carbocycles. The molecule has 0 spiro atoms. The van der Waals surface area contributed by atoms with Crippen molar-refractivity contribution in [3.63, 3.8) is 0 Å². The molecule has 0 fully saturated rings. The van der Waals surface area contributed by atoms with Crippen molar-refractivity contribution in [1.29, 1.82) is 0 Å². The van der Waals surface area contributed by atoms with Crippen LogP contribution in [0.3, 0.4) is 0 Å². The molecule has 184 valence electrons. The van der Waals surface area contributed by atoms with Gasteiger partial charge in [0.25, 0.3) is 0 Å². The molecule has 0 amide bonds. The molecule has 0 saturated heterocycles. The van der Waals surface area contributed by atoms with Gasteiger partial charge in [-0.3, -0.25) is 4.79 Å². The van der Waals surface area contributed by atoms with Crippen molar-refractivity contribution in [2.75, 3.05) is 0 Å². The Morgan fingerprint density at radius 1 is 1.25 bits per heavy atom. The van der Waals surface area contributed by atoms with Crippen molar-refractivity contribution in [3.05, 3.63) is 23.8 Å². The molecule has 0 saturated carbocycles. The van der Waals surface area contributed by atoms with Crippen molar-refractivity contribution in [3.8, 4) is 0 Å². The summed E-state index contributed by atoms with van der Waals surface area (Å²) in [5.41, 5.74) is 0.669. The van der Waals surface area contributed by atoms with Crippen LogP contribution < -0.4 is 11.3 Å². The summed E-state index contributed by atoms with van der Waals surface area (Å²) in [7, 11) is 0. The molecule has 0 aromatic heterocycles. The number of carbonyl (C=O) groups excluding carboxylic acids is 2. The van der Waals surface area contributed by atoms with Gasteiger partial charge in [-0.05, 0) is 69.3 Å². The van der Waals surface area contributed by atoms with Gasteiger partial charge in [0.1, 0.15) is 6.10 Å². The van der Waals surface area contributed by atoms with Crippen LogP contribution in [0.4, 0.5) is 0 Å². The van der Waals surface area contributed by atoms with Gasteiger partial charge in [0.15, 0.2) is 0 Å². The lowest BCUT2D eigenvalue weighted by Crippen LogP contribution is -2.43. The maximum Gasteiger partial charge on any atom is 0.311 e. The molecular weight excluding hydrogens is 410 g/mol. The number of aliphatic carboxylic acids is 1. The molecule has 2 rings (SSSR count). The average Bonchev–Trinajstić information content (AvgIpc) is 2.66. The number of esters is 1. The van der Waals surface area contributed by atoms with Crippen LogP contribution in [-0.4, -0.2) is 40.5 Å². The Hall–Kier alpha value is -1.70. The van der Waals surface area contributed by atoms with Gasteiger partial charge in [0, 0.05) is 18.3 Å². The maximum atomic E-state index is 12.8. The minimum absolute atomic E-state index is 0. The third kappa shape index (κ3) is 7.42. The maximum absolute atomic E-state index is 12.8. The van der Waals surface area contributed by atoms with Crippen LogP contribution >= 0.6 is 0 Å². The van der Waals surface area contributed by atoms with Gasteiger partial charge in [-0.15, -0.1) is 0 Å². The first-order chi connectivity index (χ1) is 14.4. The molecule has 0 aromatic carbocycles. The molecule has 2 aliphatic rings. The molecule has 1 unspecified atom stereocenters. The number of aliphatic hydroxyl groups excluding tert-OH is 2. The van der Waals surface area contributed by atoms with Crippen LogP contribution in [-0.2, 0) is 14.3 Å². The Morgan fingerprint density at radius 3 is 2.50 bits per heavy atom. The molecule has 6 N–H and O–H groups in total. The van der Waals surface area contributed by atoms with Crippen LogP contribution in [0.5, 0.6) is 0 Å². The zero-order valence-electron chi connectivity index (χ0n) is 20.5. The molecule has 7 nitrogen and oxygen atoms in total. The standard InChI is InChI=1S/C25H40O6.H3N/c1-6-25(4,5)24(30)31-21-12-15(2)11-17-8-7-16(3)20(23(17)21)10-9-18(26)13-19(27)14-22(28)29;/h7-8,11,15-16,18-21,23,26-27H,6,9-10,12-14H2,1-5H3,(H,28,29);1H3/t15-,16-,18?,19-,20-,21-,23-;/m0./s1. The Bertz CT molecular complexity index is 701. The summed E-state index contributed by atoms with van der Waals surface area (Å²) < 4.78 is 6.09. The smallest absolute Gasteiger partial charge is 0.311 e. The number of allylic oxidation sites excluding steroid dienone is 3. The van der Waals surface area contributed by atoms with Gasteiger partial charge in [-0.1, -0.05) is 39.0 Å². The molecule has 7 heteroatoms. The number of hydrogen-bond donors (Lipinski definition) is 3. The minimum Gasteiger partial charge on any atom is -0.550 e. The van der Waals surface area contributed by atoms with E-state index < -0.39 is 30.0 Å². The number of fused-ring (bicyclic) bond motifs is 1. The number of carboxylic acid groups (broad SMARTS) is 1. The quantitative estimate of drug-likeness (QED) is 0.434. The van der Waals surface area contributed by atoms with Crippen LogP contribution in [0.25, 0.3) is 0 Å². The highest BCUT2D eigenvalue weighted by Crippen LogP contribution is 2.45. The summed E-state index contributed by atoms with van der Waals surface area (Å²) in [6.45, 7) is 10.1. The predicted molar refractivity (Wildman–Crippen MR) is 123 cm³/mol. The zero-order valence-corrected chi connectivity index (χ0v) is 20.5. The fraction of sp³-hybridized carbons (Fsp3) is 0.760. The number of ether oxygens (including phenoxy) is 1. The van der Waals surface area contributed by atoms with Crippen LogP contribution in [0.15, 0.2) is 23.8 Å². The fourth-order valence-corrected chi connectivity index (χ4v) is 4.76. The normalized spacial score (nSPS) is 29.2. The predicted octanol–water partition coefficient (Wildman–Crippen LogP) is 3.15. The summed E-state index contributed by atoms with van der Waals surface area (Å²) in [5.74, 6) is -0.641. The van der Waals surface area contributed by atoms with E-state index in [4.69, 9.17) is 4.74 Å². The monoisotopic (exact) mass is 453 g/mol. The topological polar surface area (TPSA) is 143 Å². The third-order valence-electron chi connectivity index (χ3n) is 7.07. The van der Waals surface area contributed by atoms with E-state index in [-0.39, 0.29) is 42.4 Å². The van der Waals surface area contributed by atoms with E-state index in [0.29, 0.717) is 25.2 Å². The van der Waals surface area contributed by atoms with E-state index >= 15 is 0 Å². The third-order valence-corrected chi connectivity index (χ3v) is 7.07. The van der Waals surface area contributed by atoms with Gasteiger partial charge in [0.2, 0.25) is 0 Å². The molecule has 7 atom stereocenters. The zero-order chi connectivity index (χ0) is 23.3. The summed E-state index contributed by atoms with van der Waals surface area (Å²) in [4.78, 5) is 23.5. The van der Waals surface area contributed by atoms with Crippen molar-refractivity contribution in [2.24, 2.45) is 29.1 Å². The number of carboxylic acids is 1. The molecular formula is C25H43NO6. The highest BCUT2D eigenvalue weighted by Gasteiger charge is 2.42. The lowest BCUT2D eigenvalue weighted by Gasteiger charge is -2.44. The molecule has 0 bridgehead atoms. The van der Waals surface area contributed by atoms with Gasteiger partial charge in [-0.25, -0.2) is 0 Å². The van der Waals surface area contributed by atoms with E-state index in [9.17, 15) is 24.9 Å². The SMILES string of the molecule is CCC(C)(C)C(=O)O[C@H]1C[C@@H](C)C=C2C=C[C@H](C)[C@H](CCC(O)C[C@H](O)CC(=O)[O-])[C@H]21.[NH4+]. The van der Waals surface area contributed by atoms with Crippen molar-refractivity contribution < 1.29 is 29.6 Å². The first-order valence-corrected chi connectivity index (χ1v) is 11.6. The van der Waals surface area contributed by atoms with Gasteiger partial charge in [0.05, 0.1) is 17.6 Å². The summed E-state index contributed by atoms with van der Waals surface area (Å²) in [6, 6.07) is 0. The second-order valence-corrected chi connectivity index (χ2v) is 10.2. The summed E-state index contributed by atoms with van der Waals surface area (Å²) in [6.07, 6.45) is 6.66. The van der Waals surface area contributed by atoms with Crippen LogP contribution in [0.2, 0.25) is 0 Å². The molecule has 0 heterocycles. The molecule has 32 heavy (non-hydrogen) atoms. The number of aliphatic hydroxyl groups is 2. The van der Waals surface area contributed by atoms with E-state index in [1.54, 1.807) is 0 Å². The number of quaternary nitrogens is 1. The number of hydrogen-bond acceptors (Lipinski definition) is 6. The second-order valence-electron chi connectivity index (χ2n) is 10.2. The van der Waals surface area contributed by atoms with E-state index in [1.165, 1.54) is 5.57 Å². The number of rotatable bonds is 10. The van der Waals surface area contributed by atoms with Crippen molar-refractivity contribution in [1.82, 2.24) is 6.15 Å². The Kier molecular flexibility index (Phi) is 10.6. The van der Waals surface area contributed by atoms with Gasteiger partial charge < -0.3 is 31.0 Å². The number of carbonyl (C=O) groups is 2. The van der Waals surface area contributed by atoms with E-state index in [0.717, 1.165) is 6.42 Å². The first-order valence-electron chi connectivity index (χ1n) is 11.6. The molecule has 0 aromatic rings. The largest absolute Gasteiger partial charge is 0.550 e. The van der Waals surface area contributed by atoms with Crippen LogP contribution in [0.1, 0.15) is 73.1 Å². The Labute approximate surface area is 192 Å². The van der Waals surface area contributed by atoms with Gasteiger partial charge >= 0.3 is 5.97 Å². The van der Waals surface area contributed by atoms with Crippen LogP contribution in [0, 0.1) is 29.1 Å². The average molecular weight is 454 g/mol. The Morgan fingerprint density at radius 2 is 1.91 bits per heavy atom. The van der Waals surface area contributed by atoms with Crippen molar-refractivity contribution >= 4 is 11.9 Å². The fourth-order valence-electron chi connectivity index (χ4n) is 4.76. The highest BCUT2D eigenvalue weighted by molar-refractivity contribution is 5.76.